The molecule has 0 unspecified atom stereocenters. The smallest absolute Gasteiger partial charge is 0.191 e. The third-order valence-electron chi connectivity index (χ3n) is 4.03. The average molecular weight is 339 g/mol. The van der Waals surface area contributed by atoms with Crippen molar-refractivity contribution in [3.8, 4) is 0 Å². The lowest BCUT2D eigenvalue weighted by Gasteiger charge is -2.12. The first-order valence-electron chi connectivity index (χ1n) is 8.74. The van der Waals surface area contributed by atoms with Gasteiger partial charge in [-0.3, -0.25) is 4.99 Å². The highest BCUT2D eigenvalue weighted by Crippen LogP contribution is 2.14. The maximum absolute atomic E-state index is 5.34. The Morgan fingerprint density at radius 2 is 2.08 bits per heavy atom. The van der Waals surface area contributed by atoms with Crippen LogP contribution in [0.1, 0.15) is 18.5 Å². The largest absolute Gasteiger partial charge is 0.469 e. The van der Waals surface area contributed by atoms with E-state index in [4.69, 9.17) is 4.42 Å². The van der Waals surface area contributed by atoms with E-state index < -0.39 is 0 Å². The molecule has 0 spiro atoms. The Kier molecular flexibility index (Phi) is 5.72. The molecule has 6 heteroatoms. The molecule has 0 aliphatic heterocycles. The number of benzene rings is 1. The summed E-state index contributed by atoms with van der Waals surface area (Å²) in [5, 5.41) is 6.67. The second-order valence-electron chi connectivity index (χ2n) is 5.82. The molecule has 0 saturated carbocycles. The summed E-state index contributed by atoms with van der Waals surface area (Å²) in [4.78, 5) is 9.21. The highest BCUT2D eigenvalue weighted by Gasteiger charge is 2.06. The number of hydrogen-bond donors (Lipinski definition) is 2. The fraction of sp³-hybridized carbons (Fsp3) is 0.368. The van der Waals surface area contributed by atoms with E-state index in [2.05, 4.69) is 38.2 Å². The number of nitrogens with one attached hydrogen (secondary N) is 2. The molecule has 2 N–H and O–H groups in total. The van der Waals surface area contributed by atoms with Gasteiger partial charge in [-0.2, -0.15) is 0 Å². The zero-order valence-corrected chi connectivity index (χ0v) is 14.8. The molecule has 0 aliphatic carbocycles. The molecule has 3 rings (SSSR count). The Hall–Kier alpha value is -2.76. The Bertz CT molecular complexity index is 820. The standard InChI is InChI=1S/C19H25N5O/c1-3-20-19(21-11-10-16-7-6-14-25-16)22-12-13-24-15(2)23-17-8-4-5-9-18(17)24/h4-9,14H,3,10-13H2,1-2H3,(H2,20,21,22). The first-order chi connectivity index (χ1) is 12.3. The number of imidazole rings is 1. The molecule has 0 saturated heterocycles. The van der Waals surface area contributed by atoms with Gasteiger partial charge in [-0.25, -0.2) is 4.98 Å². The van der Waals surface area contributed by atoms with Crippen molar-refractivity contribution in [3.05, 3.63) is 54.2 Å². The van der Waals surface area contributed by atoms with Gasteiger partial charge in [0.05, 0.1) is 17.3 Å². The quantitative estimate of drug-likeness (QED) is 0.513. The predicted octanol–water partition coefficient (Wildman–Crippen LogP) is 2.74. The van der Waals surface area contributed by atoms with Gasteiger partial charge in [-0.15, -0.1) is 0 Å². The van der Waals surface area contributed by atoms with Gasteiger partial charge in [-0.05, 0) is 38.1 Å². The van der Waals surface area contributed by atoms with Crippen LogP contribution < -0.4 is 10.6 Å². The molecule has 0 amide bonds. The van der Waals surface area contributed by atoms with E-state index in [-0.39, 0.29) is 0 Å². The molecule has 132 valence electrons. The van der Waals surface area contributed by atoms with Crippen LogP contribution in [0.5, 0.6) is 0 Å². The van der Waals surface area contributed by atoms with Crippen molar-refractivity contribution in [2.75, 3.05) is 19.6 Å². The highest BCUT2D eigenvalue weighted by molar-refractivity contribution is 5.79. The van der Waals surface area contributed by atoms with Gasteiger partial charge >= 0.3 is 0 Å². The van der Waals surface area contributed by atoms with Gasteiger partial charge in [0.25, 0.3) is 0 Å². The molecule has 2 heterocycles. The number of aryl methyl sites for hydroxylation is 1. The SMILES string of the molecule is CCNC(=NCCc1ccco1)NCCn1c(C)nc2ccccc21. The zero-order valence-electron chi connectivity index (χ0n) is 14.8. The van der Waals surface area contributed by atoms with E-state index in [0.29, 0.717) is 6.54 Å². The van der Waals surface area contributed by atoms with E-state index in [1.807, 2.05) is 37.3 Å². The monoisotopic (exact) mass is 339 g/mol. The van der Waals surface area contributed by atoms with Gasteiger partial charge in [0.15, 0.2) is 5.96 Å². The summed E-state index contributed by atoms with van der Waals surface area (Å²) < 4.78 is 7.57. The Labute approximate surface area is 148 Å². The molecule has 1 aromatic carbocycles. The molecule has 0 atom stereocenters. The first kappa shape index (κ1) is 17.1. The van der Waals surface area contributed by atoms with Crippen molar-refractivity contribution in [1.29, 1.82) is 0 Å². The van der Waals surface area contributed by atoms with E-state index in [9.17, 15) is 0 Å². The number of rotatable bonds is 7. The molecule has 3 aromatic rings. The van der Waals surface area contributed by atoms with Crippen molar-refractivity contribution in [2.24, 2.45) is 4.99 Å². The van der Waals surface area contributed by atoms with Crippen LogP contribution >= 0.6 is 0 Å². The number of aromatic nitrogens is 2. The summed E-state index contributed by atoms with van der Waals surface area (Å²) >= 11 is 0. The highest BCUT2D eigenvalue weighted by atomic mass is 16.3. The lowest BCUT2D eigenvalue weighted by molar-refractivity contribution is 0.510. The number of guanidine groups is 1. The molecule has 0 bridgehead atoms. The van der Waals surface area contributed by atoms with E-state index in [1.165, 1.54) is 5.52 Å². The van der Waals surface area contributed by atoms with Gasteiger partial charge < -0.3 is 19.6 Å². The van der Waals surface area contributed by atoms with E-state index in [0.717, 1.165) is 49.1 Å². The van der Waals surface area contributed by atoms with Gasteiger partial charge in [0.1, 0.15) is 11.6 Å². The zero-order chi connectivity index (χ0) is 17.5. The van der Waals surface area contributed by atoms with Crippen LogP contribution in [0, 0.1) is 6.92 Å². The maximum Gasteiger partial charge on any atom is 0.191 e. The van der Waals surface area contributed by atoms with Crippen LogP contribution in [-0.2, 0) is 13.0 Å². The first-order valence-corrected chi connectivity index (χ1v) is 8.74. The normalized spacial score (nSPS) is 11.8. The van der Waals surface area contributed by atoms with Crippen molar-refractivity contribution >= 4 is 17.0 Å². The maximum atomic E-state index is 5.34. The molecular weight excluding hydrogens is 314 g/mol. The minimum Gasteiger partial charge on any atom is -0.469 e. The summed E-state index contributed by atoms with van der Waals surface area (Å²) in [5.74, 6) is 2.82. The summed E-state index contributed by atoms with van der Waals surface area (Å²) in [6.45, 7) is 7.26. The van der Waals surface area contributed by atoms with Crippen LogP contribution in [0.2, 0.25) is 0 Å². The molecule has 0 aliphatic rings. The summed E-state index contributed by atoms with van der Waals surface area (Å²) in [6, 6.07) is 12.1. The molecule has 25 heavy (non-hydrogen) atoms. The Balaban J connectivity index is 1.56. The van der Waals surface area contributed by atoms with E-state index >= 15 is 0 Å². The molecular formula is C19H25N5O. The molecule has 6 nitrogen and oxygen atoms in total. The number of fused-ring (bicyclic) bond motifs is 1. The van der Waals surface area contributed by atoms with Gasteiger partial charge in [-0.1, -0.05) is 12.1 Å². The average Bonchev–Trinajstić information content (AvgIpc) is 3.23. The number of aliphatic imine (C=N–C) groups is 1. The second-order valence-corrected chi connectivity index (χ2v) is 5.82. The van der Waals surface area contributed by atoms with Crippen LogP contribution in [0.4, 0.5) is 0 Å². The lowest BCUT2D eigenvalue weighted by atomic mass is 10.3. The van der Waals surface area contributed by atoms with Crippen LogP contribution in [0.25, 0.3) is 11.0 Å². The fourth-order valence-electron chi connectivity index (χ4n) is 2.84. The number of hydrogen-bond acceptors (Lipinski definition) is 3. The molecule has 0 radical (unpaired) electrons. The third-order valence-corrected chi connectivity index (χ3v) is 4.03. The summed E-state index contributed by atoms with van der Waals surface area (Å²) in [6.07, 6.45) is 2.50. The van der Waals surface area contributed by atoms with Crippen LogP contribution in [0.3, 0.4) is 0 Å². The lowest BCUT2D eigenvalue weighted by Crippen LogP contribution is -2.39. The topological polar surface area (TPSA) is 67.4 Å². The van der Waals surface area contributed by atoms with Crippen molar-refractivity contribution in [2.45, 2.75) is 26.8 Å². The molecule has 2 aromatic heterocycles. The van der Waals surface area contributed by atoms with Crippen molar-refractivity contribution < 1.29 is 4.42 Å². The number of para-hydroxylation sites is 2. The Morgan fingerprint density at radius 1 is 1.20 bits per heavy atom. The number of furan rings is 1. The third kappa shape index (κ3) is 4.41. The minimum atomic E-state index is 0.690. The van der Waals surface area contributed by atoms with Crippen molar-refractivity contribution in [1.82, 2.24) is 20.2 Å². The van der Waals surface area contributed by atoms with Gasteiger partial charge in [0, 0.05) is 32.6 Å². The van der Waals surface area contributed by atoms with E-state index in [1.54, 1.807) is 6.26 Å². The molecule has 0 fully saturated rings. The van der Waals surface area contributed by atoms with Gasteiger partial charge in [0.2, 0.25) is 0 Å². The Morgan fingerprint density at radius 3 is 2.88 bits per heavy atom. The number of nitrogens with zero attached hydrogens (tertiary/aromatic N) is 3. The van der Waals surface area contributed by atoms with Crippen molar-refractivity contribution in [3.63, 3.8) is 0 Å². The fourth-order valence-corrected chi connectivity index (χ4v) is 2.84. The minimum absolute atomic E-state index is 0.690. The van der Waals surface area contributed by atoms with Crippen LogP contribution in [0.15, 0.2) is 52.1 Å². The van der Waals surface area contributed by atoms with Crippen LogP contribution in [-0.4, -0.2) is 35.1 Å². The summed E-state index contributed by atoms with van der Waals surface area (Å²) in [5.41, 5.74) is 2.21. The second kappa shape index (κ2) is 8.37. The predicted molar refractivity (Wildman–Crippen MR) is 101 cm³/mol. The summed E-state index contributed by atoms with van der Waals surface area (Å²) in [7, 11) is 0.